The fourth-order valence-corrected chi connectivity index (χ4v) is 6.93. The van der Waals surface area contributed by atoms with Crippen LogP contribution in [0.25, 0.3) is 20.8 Å². The van der Waals surface area contributed by atoms with Gasteiger partial charge in [0.25, 0.3) is 0 Å². The quantitative estimate of drug-likeness (QED) is 0.355. The van der Waals surface area contributed by atoms with Gasteiger partial charge < -0.3 is 20.1 Å². The molecule has 0 unspecified atom stereocenters. The van der Waals surface area contributed by atoms with Crippen LogP contribution in [-0.4, -0.2) is 80.4 Å². The van der Waals surface area contributed by atoms with Gasteiger partial charge in [0, 0.05) is 74.4 Å². The number of hydrogen-bond donors (Lipinski definition) is 2. The molecule has 7 rings (SSSR count). The van der Waals surface area contributed by atoms with Gasteiger partial charge in [0.05, 0.1) is 21.6 Å². The lowest BCUT2D eigenvalue weighted by Crippen LogP contribution is -2.45. The summed E-state index contributed by atoms with van der Waals surface area (Å²) < 4.78 is 6.61. The second-order valence-corrected chi connectivity index (χ2v) is 12.7. The highest BCUT2D eigenvalue weighted by Gasteiger charge is 2.42. The number of aliphatic hydroxyl groups is 1. The lowest BCUT2D eigenvalue weighted by Gasteiger charge is -2.32. The number of pyridine rings is 2. The zero-order chi connectivity index (χ0) is 27.4. The number of thiazole rings is 1. The van der Waals surface area contributed by atoms with Crippen LogP contribution in [0.3, 0.4) is 0 Å². The second kappa shape index (κ2) is 9.99. The normalized spacial score (nSPS) is 21.9. The Morgan fingerprint density at radius 3 is 2.62 bits per heavy atom. The average Bonchev–Trinajstić information content (AvgIpc) is 3.67. The van der Waals surface area contributed by atoms with Crippen molar-refractivity contribution in [1.82, 2.24) is 29.8 Å². The van der Waals surface area contributed by atoms with Crippen LogP contribution >= 0.6 is 11.3 Å². The Kier molecular flexibility index (Phi) is 6.42. The molecule has 0 aliphatic carbocycles. The Bertz CT molecular complexity index is 1540. The van der Waals surface area contributed by atoms with Crippen molar-refractivity contribution in [1.29, 1.82) is 0 Å². The van der Waals surface area contributed by atoms with E-state index in [1.807, 2.05) is 24.4 Å². The third kappa shape index (κ3) is 4.91. The smallest absolute Gasteiger partial charge is 0.227 e. The van der Waals surface area contributed by atoms with Gasteiger partial charge in [-0.1, -0.05) is 0 Å². The summed E-state index contributed by atoms with van der Waals surface area (Å²) in [4.78, 5) is 28.8. The molecule has 11 heteroatoms. The largest absolute Gasteiger partial charge is 0.384 e. The van der Waals surface area contributed by atoms with Crippen LogP contribution in [0.1, 0.15) is 50.4 Å². The van der Waals surface area contributed by atoms with Crippen LogP contribution in [0.15, 0.2) is 36.7 Å². The van der Waals surface area contributed by atoms with Crippen molar-refractivity contribution in [2.45, 2.75) is 56.7 Å². The molecule has 2 N–H and O–H groups in total. The first kappa shape index (κ1) is 25.7. The Labute approximate surface area is 237 Å². The van der Waals surface area contributed by atoms with E-state index in [1.54, 1.807) is 31.4 Å². The SMILES string of the molecule is CN1C[C@@H]2C[C@H]1CN2c1nc(Nc2cc3nc(-c4ccnc(C(C)(C)O)c4)sc3cn2)cc(C2CCOCC2)n1. The lowest BCUT2D eigenvalue weighted by molar-refractivity contribution is 0.0739. The van der Waals surface area contributed by atoms with Crippen LogP contribution in [0.2, 0.25) is 0 Å². The molecule has 7 heterocycles. The molecule has 3 saturated heterocycles. The van der Waals surface area contributed by atoms with E-state index < -0.39 is 5.60 Å². The van der Waals surface area contributed by atoms with Gasteiger partial charge in [-0.05, 0) is 52.3 Å². The minimum atomic E-state index is -1.02. The maximum absolute atomic E-state index is 10.4. The van der Waals surface area contributed by atoms with Crippen LogP contribution in [0.4, 0.5) is 17.6 Å². The van der Waals surface area contributed by atoms with E-state index in [4.69, 9.17) is 19.7 Å². The third-order valence-electron chi connectivity index (χ3n) is 8.31. The summed E-state index contributed by atoms with van der Waals surface area (Å²) >= 11 is 1.57. The summed E-state index contributed by atoms with van der Waals surface area (Å²) in [6.45, 7) is 7.03. The molecule has 3 aliphatic heterocycles. The molecule has 0 radical (unpaired) electrons. The summed E-state index contributed by atoms with van der Waals surface area (Å²) in [5.74, 6) is 2.63. The molecule has 3 aliphatic rings. The fourth-order valence-electron chi connectivity index (χ4n) is 6.01. The minimum absolute atomic E-state index is 0.365. The van der Waals surface area contributed by atoms with Gasteiger partial charge in [0.2, 0.25) is 5.95 Å². The van der Waals surface area contributed by atoms with Crippen LogP contribution < -0.4 is 10.2 Å². The van der Waals surface area contributed by atoms with Gasteiger partial charge in [0.1, 0.15) is 22.2 Å². The van der Waals surface area contributed by atoms with Crippen molar-refractivity contribution < 1.29 is 9.84 Å². The molecule has 0 aromatic carbocycles. The Morgan fingerprint density at radius 1 is 1.02 bits per heavy atom. The van der Waals surface area contributed by atoms with Gasteiger partial charge in [0.15, 0.2) is 0 Å². The Balaban J connectivity index is 1.19. The summed E-state index contributed by atoms with van der Waals surface area (Å²) in [6, 6.07) is 8.89. The van der Waals surface area contributed by atoms with Crippen LogP contribution in [-0.2, 0) is 10.3 Å². The van der Waals surface area contributed by atoms with Crippen molar-refractivity contribution in [3.8, 4) is 10.6 Å². The number of piperazine rings is 1. The van der Waals surface area contributed by atoms with Gasteiger partial charge in [-0.15, -0.1) is 11.3 Å². The minimum Gasteiger partial charge on any atom is -0.384 e. The molecule has 4 aromatic rings. The topological polar surface area (TPSA) is 112 Å². The summed E-state index contributed by atoms with van der Waals surface area (Å²) in [5, 5.41) is 14.7. The van der Waals surface area contributed by atoms with E-state index in [-0.39, 0.29) is 0 Å². The van der Waals surface area contributed by atoms with Gasteiger partial charge in [-0.25, -0.2) is 15.0 Å². The summed E-state index contributed by atoms with van der Waals surface area (Å²) in [6.07, 6.45) is 6.69. The zero-order valence-electron chi connectivity index (χ0n) is 23.0. The highest BCUT2D eigenvalue weighted by molar-refractivity contribution is 7.21. The highest BCUT2D eigenvalue weighted by atomic mass is 32.1. The number of anilines is 3. The third-order valence-corrected chi connectivity index (χ3v) is 9.37. The van der Waals surface area contributed by atoms with Crippen LogP contribution in [0, 0.1) is 0 Å². The van der Waals surface area contributed by atoms with Crippen molar-refractivity contribution in [2.24, 2.45) is 0 Å². The first-order chi connectivity index (χ1) is 19.3. The van der Waals surface area contributed by atoms with Crippen molar-refractivity contribution in [2.75, 3.05) is 43.6 Å². The number of likely N-dealkylation sites (N-methyl/N-ethyl adjacent to an activating group) is 1. The summed E-state index contributed by atoms with van der Waals surface area (Å²) in [5.41, 5.74) is 2.45. The van der Waals surface area contributed by atoms with E-state index in [0.29, 0.717) is 29.5 Å². The van der Waals surface area contributed by atoms with Crippen molar-refractivity contribution in [3.63, 3.8) is 0 Å². The number of ether oxygens (including phenoxy) is 1. The van der Waals surface area contributed by atoms with Crippen molar-refractivity contribution >= 4 is 39.1 Å². The second-order valence-electron chi connectivity index (χ2n) is 11.7. The maximum atomic E-state index is 10.4. The molecule has 2 bridgehead atoms. The number of hydrogen-bond acceptors (Lipinski definition) is 11. The molecule has 0 amide bonds. The molecule has 2 atom stereocenters. The molecule has 4 aromatic heterocycles. The van der Waals surface area contributed by atoms with Crippen LogP contribution in [0.5, 0.6) is 0 Å². The Hall–Kier alpha value is -3.25. The van der Waals surface area contributed by atoms with E-state index in [1.165, 1.54) is 6.42 Å². The number of rotatable bonds is 6. The summed E-state index contributed by atoms with van der Waals surface area (Å²) in [7, 11) is 2.21. The van der Waals surface area contributed by atoms with E-state index in [9.17, 15) is 5.11 Å². The predicted octanol–water partition coefficient (Wildman–Crippen LogP) is 4.30. The Morgan fingerprint density at radius 2 is 1.88 bits per heavy atom. The van der Waals surface area contributed by atoms with E-state index in [2.05, 4.69) is 38.2 Å². The highest BCUT2D eigenvalue weighted by Crippen LogP contribution is 2.36. The predicted molar refractivity (Wildman–Crippen MR) is 156 cm³/mol. The molecule has 40 heavy (non-hydrogen) atoms. The number of nitrogens with zero attached hydrogens (tertiary/aromatic N) is 7. The van der Waals surface area contributed by atoms with E-state index in [0.717, 1.165) is 77.4 Å². The molecule has 208 valence electrons. The fraction of sp³-hybridized carbons (Fsp3) is 0.483. The molecule has 0 spiro atoms. The van der Waals surface area contributed by atoms with E-state index >= 15 is 0 Å². The van der Waals surface area contributed by atoms with Gasteiger partial charge in [-0.3, -0.25) is 9.88 Å². The van der Waals surface area contributed by atoms with Gasteiger partial charge >= 0.3 is 0 Å². The zero-order valence-corrected chi connectivity index (χ0v) is 23.9. The molecule has 0 saturated carbocycles. The number of aromatic nitrogens is 5. The molecular weight excluding hydrogens is 524 g/mol. The number of likely N-dealkylation sites (tertiary alicyclic amines) is 1. The standard InChI is InChI=1S/C29H34N8O2S/c1-29(2,38)24-10-18(4-7-30-24)27-32-22-13-25(31-14-23(22)40-27)34-26-12-21(17-5-8-39-9-6-17)33-28(35-26)37-16-19-11-20(37)15-36(19)3/h4,7,10,12-14,17,19-20,38H,5-6,8-9,11,15-16H2,1-3H3,(H,31,33,34,35)/t19-,20-/m0/s1. The lowest BCUT2D eigenvalue weighted by atomic mass is 9.96. The number of nitrogens with one attached hydrogen (secondary N) is 1. The van der Waals surface area contributed by atoms with Crippen molar-refractivity contribution in [3.05, 3.63) is 48.0 Å². The molecule has 10 nitrogen and oxygen atoms in total. The molecular formula is C29H34N8O2S. The maximum Gasteiger partial charge on any atom is 0.227 e. The first-order valence-electron chi connectivity index (χ1n) is 14.0. The average molecular weight is 559 g/mol. The monoisotopic (exact) mass is 558 g/mol. The van der Waals surface area contributed by atoms with Gasteiger partial charge in [-0.2, -0.15) is 4.98 Å². The number of fused-ring (bicyclic) bond motifs is 3. The molecule has 3 fully saturated rings. The first-order valence-corrected chi connectivity index (χ1v) is 14.8.